The van der Waals surface area contributed by atoms with Crippen molar-refractivity contribution in [3.63, 3.8) is 0 Å². The van der Waals surface area contributed by atoms with Crippen molar-refractivity contribution in [2.24, 2.45) is 0 Å². The molecule has 8 nitrogen and oxygen atoms in total. The summed E-state index contributed by atoms with van der Waals surface area (Å²) >= 11 is 0. The van der Waals surface area contributed by atoms with Crippen LogP contribution in [0.25, 0.3) is 0 Å². The minimum absolute atomic E-state index is 0.154. The third-order valence-corrected chi connectivity index (χ3v) is 4.90. The number of nitro groups is 1. The number of aryl methyl sites for hydroxylation is 1. The Morgan fingerprint density at radius 3 is 2.60 bits per heavy atom. The van der Waals surface area contributed by atoms with E-state index in [-0.39, 0.29) is 23.8 Å². The molecule has 0 spiro atoms. The molecule has 1 N–H and O–H groups in total. The lowest BCUT2D eigenvalue weighted by Gasteiger charge is -2.31. The zero-order valence-electron chi connectivity index (χ0n) is 17.0. The molecule has 0 saturated heterocycles. The Balaban J connectivity index is 1.89. The summed E-state index contributed by atoms with van der Waals surface area (Å²) < 4.78 is 5.21. The largest absolute Gasteiger partial charge is 0.463 e. The van der Waals surface area contributed by atoms with Crippen LogP contribution in [0.15, 0.2) is 48.5 Å². The van der Waals surface area contributed by atoms with Crippen molar-refractivity contribution in [1.82, 2.24) is 5.32 Å². The van der Waals surface area contributed by atoms with E-state index in [9.17, 15) is 19.7 Å². The Morgan fingerprint density at radius 2 is 1.87 bits per heavy atom. The second-order valence-electron chi connectivity index (χ2n) is 7.44. The predicted octanol–water partition coefficient (Wildman–Crippen LogP) is 4.14. The van der Waals surface area contributed by atoms with Crippen molar-refractivity contribution in [2.45, 2.75) is 45.3 Å². The second kappa shape index (κ2) is 9.39. The lowest BCUT2D eigenvalue weighted by Crippen LogP contribution is -2.44. The first kappa shape index (κ1) is 21.3. The number of hydrogen-bond acceptors (Lipinski definition) is 5. The van der Waals surface area contributed by atoms with Crippen molar-refractivity contribution >= 4 is 23.4 Å². The normalized spacial score (nSPS) is 14.0. The van der Waals surface area contributed by atoms with Crippen LogP contribution in [0.4, 0.5) is 16.2 Å². The van der Waals surface area contributed by atoms with Gasteiger partial charge in [0, 0.05) is 18.3 Å². The highest BCUT2D eigenvalue weighted by Crippen LogP contribution is 2.30. The van der Waals surface area contributed by atoms with E-state index in [0.29, 0.717) is 6.54 Å². The SMILES string of the molecule is CC(C)OC(=O)C[C@@H](NC(=O)N1CCCc2ccccc21)c1ccccc1[N+](=O)[O-]. The van der Waals surface area contributed by atoms with Crippen molar-refractivity contribution in [3.05, 3.63) is 69.8 Å². The molecule has 0 fully saturated rings. The van der Waals surface area contributed by atoms with Gasteiger partial charge in [-0.15, -0.1) is 0 Å². The van der Waals surface area contributed by atoms with Crippen LogP contribution in [-0.4, -0.2) is 29.6 Å². The zero-order valence-corrected chi connectivity index (χ0v) is 17.0. The Labute approximate surface area is 175 Å². The van der Waals surface area contributed by atoms with Gasteiger partial charge >= 0.3 is 12.0 Å². The number of rotatable bonds is 6. The minimum atomic E-state index is -0.889. The van der Waals surface area contributed by atoms with Crippen LogP contribution in [-0.2, 0) is 16.0 Å². The van der Waals surface area contributed by atoms with Gasteiger partial charge in [0.15, 0.2) is 0 Å². The summed E-state index contributed by atoms with van der Waals surface area (Å²) in [6.07, 6.45) is 1.17. The molecule has 0 unspecified atom stereocenters. The molecule has 1 heterocycles. The van der Waals surface area contributed by atoms with Crippen molar-refractivity contribution in [2.75, 3.05) is 11.4 Å². The molecular weight excluding hydrogens is 386 g/mol. The van der Waals surface area contributed by atoms with E-state index in [1.165, 1.54) is 6.07 Å². The van der Waals surface area contributed by atoms with Crippen molar-refractivity contribution < 1.29 is 19.2 Å². The first-order valence-corrected chi connectivity index (χ1v) is 9.95. The number of esters is 1. The standard InChI is InChI=1S/C22H25N3O5/c1-15(2)30-21(26)14-18(17-10-4-6-12-20(17)25(28)29)23-22(27)24-13-7-9-16-8-3-5-11-19(16)24/h3-6,8,10-12,15,18H,7,9,13-14H2,1-2H3,(H,23,27)/t18-/m1/s1. The quantitative estimate of drug-likeness (QED) is 0.437. The summed E-state index contributed by atoms with van der Waals surface area (Å²) in [5, 5.41) is 14.3. The average Bonchev–Trinajstić information content (AvgIpc) is 2.72. The van der Waals surface area contributed by atoms with E-state index in [1.54, 1.807) is 36.9 Å². The number of para-hydroxylation sites is 2. The summed E-state index contributed by atoms with van der Waals surface area (Å²) in [6.45, 7) is 3.98. The number of carbonyl (C=O) groups is 2. The maximum atomic E-state index is 13.1. The van der Waals surface area contributed by atoms with Gasteiger partial charge in [-0.1, -0.05) is 36.4 Å². The summed E-state index contributed by atoms with van der Waals surface area (Å²) in [6, 6.07) is 12.5. The Kier molecular flexibility index (Phi) is 6.66. The minimum Gasteiger partial charge on any atom is -0.463 e. The number of fused-ring (bicyclic) bond motifs is 1. The van der Waals surface area contributed by atoms with Gasteiger partial charge in [-0.05, 0) is 38.3 Å². The molecule has 3 rings (SSSR count). The fraction of sp³-hybridized carbons (Fsp3) is 0.364. The monoisotopic (exact) mass is 411 g/mol. The Morgan fingerprint density at radius 1 is 1.17 bits per heavy atom. The molecule has 158 valence electrons. The molecule has 1 aliphatic rings. The summed E-state index contributed by atoms with van der Waals surface area (Å²) in [5.41, 5.74) is 1.99. The first-order valence-electron chi connectivity index (χ1n) is 9.95. The van der Waals surface area contributed by atoms with Crippen molar-refractivity contribution in [3.8, 4) is 0 Å². The number of anilines is 1. The van der Waals surface area contributed by atoms with E-state index >= 15 is 0 Å². The van der Waals surface area contributed by atoms with Crippen LogP contribution in [0.5, 0.6) is 0 Å². The number of benzene rings is 2. The molecular formula is C22H25N3O5. The number of nitrogens with zero attached hydrogens (tertiary/aromatic N) is 2. The van der Waals surface area contributed by atoms with Gasteiger partial charge in [-0.3, -0.25) is 19.8 Å². The molecule has 0 aromatic heterocycles. The third-order valence-electron chi connectivity index (χ3n) is 4.90. The van der Waals surface area contributed by atoms with Gasteiger partial charge < -0.3 is 10.1 Å². The van der Waals surface area contributed by atoms with Gasteiger partial charge in [-0.2, -0.15) is 0 Å². The number of amides is 2. The summed E-state index contributed by atoms with van der Waals surface area (Å²) in [5.74, 6) is -0.535. The smallest absolute Gasteiger partial charge is 0.322 e. The van der Waals surface area contributed by atoms with Crippen LogP contribution >= 0.6 is 0 Å². The highest BCUT2D eigenvalue weighted by atomic mass is 16.6. The molecule has 2 aromatic carbocycles. The molecule has 1 atom stereocenters. The second-order valence-corrected chi connectivity index (χ2v) is 7.44. The van der Waals surface area contributed by atoms with Gasteiger partial charge in [0.25, 0.3) is 5.69 Å². The number of ether oxygens (including phenoxy) is 1. The highest BCUT2D eigenvalue weighted by Gasteiger charge is 2.30. The molecule has 0 bridgehead atoms. The van der Waals surface area contributed by atoms with Gasteiger partial charge in [0.1, 0.15) is 0 Å². The lowest BCUT2D eigenvalue weighted by atomic mass is 10.0. The van der Waals surface area contributed by atoms with Crippen molar-refractivity contribution in [1.29, 1.82) is 0 Å². The van der Waals surface area contributed by atoms with Gasteiger partial charge in [0.05, 0.1) is 29.1 Å². The number of urea groups is 1. The highest BCUT2D eigenvalue weighted by molar-refractivity contribution is 5.93. The lowest BCUT2D eigenvalue weighted by molar-refractivity contribution is -0.385. The van der Waals surface area contributed by atoms with E-state index in [2.05, 4.69) is 5.32 Å². The fourth-order valence-corrected chi connectivity index (χ4v) is 3.64. The van der Waals surface area contributed by atoms with Crippen LogP contribution in [0.2, 0.25) is 0 Å². The summed E-state index contributed by atoms with van der Waals surface area (Å²) in [7, 11) is 0. The molecule has 8 heteroatoms. The van der Waals surface area contributed by atoms with Crippen LogP contribution < -0.4 is 10.2 Å². The topological polar surface area (TPSA) is 102 Å². The van der Waals surface area contributed by atoms with E-state index in [4.69, 9.17) is 4.74 Å². The first-order chi connectivity index (χ1) is 14.4. The van der Waals surface area contributed by atoms with Crippen LogP contribution in [0, 0.1) is 10.1 Å². The Hall–Kier alpha value is -3.42. The fourth-order valence-electron chi connectivity index (χ4n) is 3.64. The van der Waals surface area contributed by atoms with Crippen LogP contribution in [0.3, 0.4) is 0 Å². The van der Waals surface area contributed by atoms with Gasteiger partial charge in [0.2, 0.25) is 0 Å². The average molecular weight is 411 g/mol. The molecule has 2 amide bonds. The number of carbonyl (C=O) groups excluding carboxylic acids is 2. The maximum absolute atomic E-state index is 13.1. The molecule has 0 saturated carbocycles. The Bertz CT molecular complexity index is 944. The molecule has 2 aromatic rings. The van der Waals surface area contributed by atoms with E-state index in [1.807, 2.05) is 24.3 Å². The predicted molar refractivity (Wildman–Crippen MR) is 112 cm³/mol. The summed E-state index contributed by atoms with van der Waals surface area (Å²) in [4.78, 5) is 38.1. The van der Waals surface area contributed by atoms with E-state index < -0.39 is 23.0 Å². The van der Waals surface area contributed by atoms with Crippen LogP contribution in [0.1, 0.15) is 43.9 Å². The molecule has 0 aliphatic carbocycles. The van der Waals surface area contributed by atoms with E-state index in [0.717, 1.165) is 24.1 Å². The number of nitro benzene ring substituents is 1. The molecule has 1 aliphatic heterocycles. The maximum Gasteiger partial charge on any atom is 0.322 e. The number of hydrogen-bond donors (Lipinski definition) is 1. The van der Waals surface area contributed by atoms with Gasteiger partial charge in [-0.25, -0.2) is 4.79 Å². The molecule has 30 heavy (non-hydrogen) atoms. The molecule has 0 radical (unpaired) electrons. The zero-order chi connectivity index (χ0) is 21.7. The number of nitrogens with one attached hydrogen (secondary N) is 1. The third kappa shape index (κ3) is 4.94.